The third kappa shape index (κ3) is 5.87. The molecule has 0 fully saturated rings. The van der Waals surface area contributed by atoms with Crippen LogP contribution in [0.15, 0.2) is 35.2 Å². The van der Waals surface area contributed by atoms with E-state index in [2.05, 4.69) is 0 Å². The van der Waals surface area contributed by atoms with Gasteiger partial charge in [0, 0.05) is 0 Å². The minimum Gasteiger partial charge on any atom is -0.307 e. The lowest BCUT2D eigenvalue weighted by atomic mass is 10.4. The zero-order valence-corrected chi connectivity index (χ0v) is 16.3. The van der Waals surface area contributed by atoms with E-state index >= 15 is 0 Å². The first-order chi connectivity index (χ1) is 10.6. The molecule has 11 heteroatoms. The summed E-state index contributed by atoms with van der Waals surface area (Å²) in [5.74, 6) is -1.95. The van der Waals surface area contributed by atoms with Crippen molar-refractivity contribution in [1.29, 1.82) is 0 Å². The highest BCUT2D eigenvalue weighted by molar-refractivity contribution is 7.87. The van der Waals surface area contributed by atoms with Crippen LogP contribution >= 0.6 is 42.4 Å². The molecule has 0 spiro atoms. The van der Waals surface area contributed by atoms with Crippen molar-refractivity contribution >= 4 is 52.5 Å². The first-order valence-corrected chi connectivity index (χ1v) is 10.7. The highest BCUT2D eigenvalue weighted by atomic mass is 35.6. The van der Waals surface area contributed by atoms with Gasteiger partial charge in [-0.3, -0.25) is 4.57 Å². The van der Waals surface area contributed by atoms with Crippen LogP contribution in [0.2, 0.25) is 0 Å². The molecule has 1 unspecified atom stereocenters. The summed E-state index contributed by atoms with van der Waals surface area (Å²) < 4.78 is 50.0. The van der Waals surface area contributed by atoms with E-state index in [9.17, 15) is 13.0 Å². The van der Waals surface area contributed by atoms with Crippen molar-refractivity contribution < 1.29 is 26.2 Å². The number of rotatable bonds is 8. The predicted molar refractivity (Wildman–Crippen MR) is 89.6 cm³/mol. The quantitative estimate of drug-likeness (QED) is 0.350. The van der Waals surface area contributed by atoms with Gasteiger partial charge in [-0.05, 0) is 26.0 Å². The van der Waals surface area contributed by atoms with Gasteiger partial charge < -0.3 is 9.05 Å². The van der Waals surface area contributed by atoms with Gasteiger partial charge >= 0.3 is 7.60 Å². The molecule has 0 amide bonds. The summed E-state index contributed by atoms with van der Waals surface area (Å²) >= 11 is 17.3. The highest BCUT2D eigenvalue weighted by Gasteiger charge is 2.52. The molecular formula is C12H16Cl3O6PS. The Hall–Kier alpha value is 0.150. The highest BCUT2D eigenvalue weighted by Crippen LogP contribution is 2.61. The van der Waals surface area contributed by atoms with E-state index in [1.165, 1.54) is 38.1 Å². The van der Waals surface area contributed by atoms with Crippen molar-refractivity contribution in [2.75, 3.05) is 13.2 Å². The van der Waals surface area contributed by atoms with Crippen molar-refractivity contribution in [3.8, 4) is 0 Å². The Morgan fingerprint density at radius 3 is 1.96 bits per heavy atom. The molecular weight excluding hydrogens is 410 g/mol. The van der Waals surface area contributed by atoms with E-state index in [-0.39, 0.29) is 18.1 Å². The Kier molecular flexibility index (Phi) is 7.83. The molecule has 0 aliphatic rings. The fourth-order valence-electron chi connectivity index (χ4n) is 1.58. The second kappa shape index (κ2) is 8.50. The maximum Gasteiger partial charge on any atom is 0.365 e. The molecule has 1 aromatic carbocycles. The van der Waals surface area contributed by atoms with Gasteiger partial charge in [-0.15, -0.1) is 0 Å². The van der Waals surface area contributed by atoms with E-state index in [0.717, 1.165) is 0 Å². The molecule has 0 aliphatic carbocycles. The molecule has 23 heavy (non-hydrogen) atoms. The van der Waals surface area contributed by atoms with Gasteiger partial charge in [0.2, 0.25) is 9.64 Å². The molecule has 0 saturated heterocycles. The smallest absolute Gasteiger partial charge is 0.307 e. The lowest BCUT2D eigenvalue weighted by Crippen LogP contribution is -2.33. The maximum absolute atomic E-state index is 12.8. The second-order valence-corrected chi connectivity index (χ2v) is 10.1. The monoisotopic (exact) mass is 424 g/mol. The summed E-state index contributed by atoms with van der Waals surface area (Å²) in [5.41, 5.74) is 0. The first-order valence-electron chi connectivity index (χ1n) is 6.50. The van der Waals surface area contributed by atoms with Crippen LogP contribution in [0.25, 0.3) is 0 Å². The zero-order valence-electron chi connectivity index (χ0n) is 12.3. The Labute approximate surface area is 150 Å². The molecule has 6 nitrogen and oxygen atoms in total. The number of halogens is 3. The molecule has 0 radical (unpaired) electrons. The number of benzene rings is 1. The lowest BCUT2D eigenvalue weighted by Gasteiger charge is -2.30. The van der Waals surface area contributed by atoms with Crippen LogP contribution in [0.1, 0.15) is 13.8 Å². The van der Waals surface area contributed by atoms with Crippen molar-refractivity contribution in [2.45, 2.75) is 28.4 Å². The van der Waals surface area contributed by atoms with Crippen molar-refractivity contribution in [2.24, 2.45) is 0 Å². The molecule has 0 heterocycles. The summed E-state index contributed by atoms with van der Waals surface area (Å²) in [7, 11) is -8.51. The van der Waals surface area contributed by atoms with Gasteiger partial charge in [0.05, 0.1) is 18.1 Å². The Bertz CT molecular complexity index is 637. The molecule has 1 rings (SSSR count). The Morgan fingerprint density at radius 2 is 1.57 bits per heavy atom. The van der Waals surface area contributed by atoms with Gasteiger partial charge in [-0.25, -0.2) is 4.18 Å². The average molecular weight is 426 g/mol. The van der Waals surface area contributed by atoms with Crippen LogP contribution in [0.5, 0.6) is 0 Å². The second-order valence-electron chi connectivity index (χ2n) is 4.13. The van der Waals surface area contributed by atoms with Crippen molar-refractivity contribution in [3.05, 3.63) is 30.3 Å². The van der Waals surface area contributed by atoms with Crippen LogP contribution in [0.4, 0.5) is 0 Å². The normalized spacial score (nSPS) is 14.7. The summed E-state index contributed by atoms with van der Waals surface area (Å²) in [5, 5.41) is 0. The average Bonchev–Trinajstić information content (AvgIpc) is 2.45. The Balaban J connectivity index is 3.26. The minimum absolute atomic E-state index is 0.0523. The van der Waals surface area contributed by atoms with Gasteiger partial charge in [-0.2, -0.15) is 8.42 Å². The fourth-order valence-corrected chi connectivity index (χ4v) is 6.12. The molecule has 1 aromatic rings. The molecule has 1 atom stereocenters. The van der Waals surface area contributed by atoms with Crippen LogP contribution in [0.3, 0.4) is 0 Å². The van der Waals surface area contributed by atoms with Crippen molar-refractivity contribution in [3.63, 3.8) is 0 Å². The zero-order chi connectivity index (χ0) is 17.7. The SMILES string of the molecule is CCOP(=O)(OCC)C(OS(=O)(=O)c1ccccc1)C(Cl)(Cl)Cl. The van der Waals surface area contributed by atoms with Crippen LogP contribution in [0, 0.1) is 0 Å². The molecule has 0 aliphatic heterocycles. The molecule has 0 bridgehead atoms. The van der Waals surface area contributed by atoms with Crippen LogP contribution < -0.4 is 0 Å². The van der Waals surface area contributed by atoms with E-state index in [0.29, 0.717) is 0 Å². The summed E-state index contributed by atoms with van der Waals surface area (Å²) in [6, 6.07) is 7.18. The topological polar surface area (TPSA) is 78.9 Å². The largest absolute Gasteiger partial charge is 0.365 e. The van der Waals surface area contributed by atoms with Crippen LogP contribution in [-0.2, 0) is 27.9 Å². The van der Waals surface area contributed by atoms with Gasteiger partial charge in [0.1, 0.15) is 0 Å². The van der Waals surface area contributed by atoms with Gasteiger partial charge in [0.25, 0.3) is 10.1 Å². The van der Waals surface area contributed by atoms with E-state index in [4.69, 9.17) is 48.0 Å². The van der Waals surface area contributed by atoms with Crippen molar-refractivity contribution in [1.82, 2.24) is 0 Å². The van der Waals surface area contributed by atoms with E-state index in [1.807, 2.05) is 0 Å². The predicted octanol–water partition coefficient (Wildman–Crippen LogP) is 4.35. The third-order valence-corrected chi connectivity index (χ3v) is 7.23. The lowest BCUT2D eigenvalue weighted by molar-refractivity contribution is 0.165. The van der Waals surface area contributed by atoms with Gasteiger partial charge in [-0.1, -0.05) is 53.0 Å². The summed E-state index contributed by atoms with van der Waals surface area (Å²) in [6.07, 6.45) is 0. The van der Waals surface area contributed by atoms with E-state index < -0.39 is 27.4 Å². The molecule has 132 valence electrons. The number of hydrogen-bond donors (Lipinski definition) is 0. The van der Waals surface area contributed by atoms with E-state index in [1.54, 1.807) is 6.07 Å². The molecule has 0 aromatic heterocycles. The maximum atomic E-state index is 12.8. The molecule has 0 saturated carbocycles. The van der Waals surface area contributed by atoms with Crippen LogP contribution in [-0.4, -0.2) is 31.3 Å². The number of alkyl halides is 3. The number of hydrogen-bond acceptors (Lipinski definition) is 6. The summed E-state index contributed by atoms with van der Waals surface area (Å²) in [6.45, 7) is 2.96. The van der Waals surface area contributed by atoms with Gasteiger partial charge in [0.15, 0.2) is 0 Å². The summed E-state index contributed by atoms with van der Waals surface area (Å²) in [4.78, 5) is -0.182. The first kappa shape index (κ1) is 21.2. The fraction of sp³-hybridized carbons (Fsp3) is 0.500. The minimum atomic E-state index is -4.35. The molecule has 0 N–H and O–H groups in total. The third-order valence-electron chi connectivity index (χ3n) is 2.44. The Morgan fingerprint density at radius 1 is 1.09 bits per heavy atom. The standard InChI is InChI=1S/C12H16Cl3O6PS/c1-3-19-22(16,20-4-2)11(12(13,14)15)21-23(17,18)10-8-6-5-7-9-10/h5-9,11H,3-4H2,1-2H3.